The van der Waals surface area contributed by atoms with Crippen LogP contribution < -0.4 is 5.32 Å². The highest BCUT2D eigenvalue weighted by atomic mass is 16.4. The van der Waals surface area contributed by atoms with Crippen molar-refractivity contribution in [2.75, 3.05) is 31.5 Å². The van der Waals surface area contributed by atoms with Crippen LogP contribution >= 0.6 is 0 Å². The Hall–Kier alpha value is -3.16. The minimum Gasteiger partial charge on any atom is -0.445 e. The summed E-state index contributed by atoms with van der Waals surface area (Å²) in [5, 5.41) is 2.87. The van der Waals surface area contributed by atoms with Gasteiger partial charge in [0.1, 0.15) is 5.76 Å². The lowest BCUT2D eigenvalue weighted by Gasteiger charge is -2.30. The van der Waals surface area contributed by atoms with E-state index in [0.29, 0.717) is 41.7 Å². The Labute approximate surface area is 181 Å². The zero-order chi connectivity index (χ0) is 22.0. The fourth-order valence-electron chi connectivity index (χ4n) is 4.21. The topological polar surface area (TPSA) is 95.8 Å². The second-order valence-electron chi connectivity index (χ2n) is 8.28. The lowest BCUT2D eigenvalue weighted by molar-refractivity contribution is 0.0785. The molecule has 0 atom stereocenters. The first kappa shape index (κ1) is 21.1. The number of piperidine rings is 1. The SMILES string of the molecule is CC(=O)c1cccc(NC(=O)N2CCC(c3nc(C(=O)N4CCCC4)c(C)o3)CC2)c1. The Morgan fingerprint density at radius 1 is 1.06 bits per heavy atom. The van der Waals surface area contributed by atoms with Gasteiger partial charge in [0.25, 0.3) is 5.91 Å². The number of rotatable bonds is 4. The van der Waals surface area contributed by atoms with Gasteiger partial charge in [-0.2, -0.15) is 0 Å². The maximum Gasteiger partial charge on any atom is 0.321 e. The van der Waals surface area contributed by atoms with E-state index in [-0.39, 0.29) is 23.6 Å². The molecule has 164 valence electrons. The van der Waals surface area contributed by atoms with E-state index in [1.165, 1.54) is 6.92 Å². The number of hydrogen-bond acceptors (Lipinski definition) is 5. The highest BCUT2D eigenvalue weighted by Gasteiger charge is 2.30. The maximum atomic E-state index is 12.7. The van der Waals surface area contributed by atoms with Crippen molar-refractivity contribution in [3.05, 3.63) is 47.2 Å². The zero-order valence-electron chi connectivity index (χ0n) is 18.0. The third-order valence-electron chi connectivity index (χ3n) is 6.06. The Bertz CT molecular complexity index is 985. The fourth-order valence-corrected chi connectivity index (χ4v) is 4.21. The van der Waals surface area contributed by atoms with Crippen LogP contribution in [0.5, 0.6) is 0 Å². The van der Waals surface area contributed by atoms with Gasteiger partial charge in [-0.15, -0.1) is 0 Å². The number of carbonyl (C=O) groups is 3. The number of likely N-dealkylation sites (tertiary alicyclic amines) is 2. The Morgan fingerprint density at radius 2 is 1.77 bits per heavy atom. The monoisotopic (exact) mass is 424 g/mol. The number of hydrogen-bond donors (Lipinski definition) is 1. The smallest absolute Gasteiger partial charge is 0.321 e. The van der Waals surface area contributed by atoms with E-state index in [4.69, 9.17) is 4.42 Å². The first-order chi connectivity index (χ1) is 14.9. The number of amides is 3. The molecule has 0 saturated carbocycles. The van der Waals surface area contributed by atoms with Crippen molar-refractivity contribution in [2.45, 2.75) is 45.4 Å². The van der Waals surface area contributed by atoms with E-state index in [9.17, 15) is 14.4 Å². The number of nitrogens with one attached hydrogen (secondary N) is 1. The molecular weight excluding hydrogens is 396 g/mol. The summed E-state index contributed by atoms with van der Waals surface area (Å²) in [4.78, 5) is 45.0. The molecule has 1 aromatic heterocycles. The van der Waals surface area contributed by atoms with Crippen molar-refractivity contribution in [3.8, 4) is 0 Å². The minimum atomic E-state index is -0.187. The highest BCUT2D eigenvalue weighted by Crippen LogP contribution is 2.30. The number of ketones is 1. The summed E-state index contributed by atoms with van der Waals surface area (Å²) >= 11 is 0. The summed E-state index contributed by atoms with van der Waals surface area (Å²) in [6.45, 7) is 5.99. The number of aromatic nitrogens is 1. The van der Waals surface area contributed by atoms with Crippen LogP contribution in [0, 0.1) is 6.92 Å². The number of anilines is 1. The van der Waals surface area contributed by atoms with Gasteiger partial charge < -0.3 is 19.5 Å². The molecule has 1 N–H and O–H groups in total. The van der Waals surface area contributed by atoms with Crippen molar-refractivity contribution in [2.24, 2.45) is 0 Å². The van der Waals surface area contributed by atoms with Crippen LogP contribution in [-0.4, -0.2) is 58.7 Å². The number of Topliss-reactive ketones (excluding diaryl/α,β-unsaturated/α-hetero) is 1. The van der Waals surface area contributed by atoms with E-state index in [1.54, 1.807) is 36.1 Å². The van der Waals surface area contributed by atoms with Gasteiger partial charge in [0.15, 0.2) is 17.4 Å². The number of oxazole rings is 1. The molecule has 2 aromatic rings. The predicted octanol–water partition coefficient (Wildman–Crippen LogP) is 3.83. The van der Waals surface area contributed by atoms with Crippen molar-refractivity contribution in [1.29, 1.82) is 0 Å². The van der Waals surface area contributed by atoms with Crippen molar-refractivity contribution >= 4 is 23.4 Å². The van der Waals surface area contributed by atoms with Gasteiger partial charge in [0.05, 0.1) is 0 Å². The van der Waals surface area contributed by atoms with Crippen molar-refractivity contribution in [1.82, 2.24) is 14.8 Å². The largest absolute Gasteiger partial charge is 0.445 e. The lowest BCUT2D eigenvalue weighted by atomic mass is 9.97. The van der Waals surface area contributed by atoms with E-state index in [2.05, 4.69) is 10.3 Å². The predicted molar refractivity (Wildman–Crippen MR) is 115 cm³/mol. The molecule has 8 heteroatoms. The summed E-state index contributed by atoms with van der Waals surface area (Å²) in [6.07, 6.45) is 3.51. The molecule has 0 unspecified atom stereocenters. The second-order valence-corrected chi connectivity index (χ2v) is 8.28. The Balaban J connectivity index is 1.35. The average Bonchev–Trinajstić information content (AvgIpc) is 3.44. The summed E-state index contributed by atoms with van der Waals surface area (Å²) in [7, 11) is 0. The zero-order valence-corrected chi connectivity index (χ0v) is 18.0. The number of urea groups is 1. The van der Waals surface area contributed by atoms with Crippen molar-refractivity contribution in [3.63, 3.8) is 0 Å². The van der Waals surface area contributed by atoms with Crippen LogP contribution in [0.4, 0.5) is 10.5 Å². The summed E-state index contributed by atoms with van der Waals surface area (Å²) in [6, 6.07) is 6.75. The number of aryl methyl sites for hydroxylation is 1. The minimum absolute atomic E-state index is 0.0410. The molecule has 2 saturated heterocycles. The van der Waals surface area contributed by atoms with Crippen LogP contribution in [0.15, 0.2) is 28.7 Å². The first-order valence-corrected chi connectivity index (χ1v) is 10.9. The quantitative estimate of drug-likeness (QED) is 0.753. The molecule has 0 spiro atoms. The van der Waals surface area contributed by atoms with Crippen LogP contribution in [0.1, 0.15) is 71.0 Å². The molecule has 3 amide bonds. The van der Waals surface area contributed by atoms with Gasteiger partial charge in [0, 0.05) is 43.3 Å². The molecule has 0 radical (unpaired) electrons. The van der Waals surface area contributed by atoms with Gasteiger partial charge in [0.2, 0.25) is 0 Å². The molecule has 2 aliphatic rings. The standard InChI is InChI=1S/C23H28N4O4/c1-15(28)18-6-5-7-19(14-18)24-23(30)27-12-8-17(9-13-27)21-25-20(16(2)31-21)22(29)26-10-3-4-11-26/h5-7,14,17H,3-4,8-13H2,1-2H3,(H,24,30). The summed E-state index contributed by atoms with van der Waals surface area (Å²) < 4.78 is 5.85. The Kier molecular flexibility index (Phi) is 6.06. The molecule has 2 aliphatic heterocycles. The third-order valence-corrected chi connectivity index (χ3v) is 6.06. The maximum absolute atomic E-state index is 12.7. The molecule has 1 aromatic carbocycles. The third kappa shape index (κ3) is 4.62. The van der Waals surface area contributed by atoms with Crippen LogP contribution in [-0.2, 0) is 0 Å². The molecular formula is C23H28N4O4. The van der Waals surface area contributed by atoms with Crippen LogP contribution in [0.2, 0.25) is 0 Å². The summed E-state index contributed by atoms with van der Waals surface area (Å²) in [5.74, 6) is 1.16. The normalized spacial score (nSPS) is 17.1. The molecule has 2 fully saturated rings. The second kappa shape index (κ2) is 8.91. The van der Waals surface area contributed by atoms with Crippen LogP contribution in [0.3, 0.4) is 0 Å². The highest BCUT2D eigenvalue weighted by molar-refractivity contribution is 5.96. The van der Waals surface area contributed by atoms with E-state index >= 15 is 0 Å². The van der Waals surface area contributed by atoms with Gasteiger partial charge in [-0.05, 0) is 51.7 Å². The van der Waals surface area contributed by atoms with Gasteiger partial charge in [-0.25, -0.2) is 9.78 Å². The van der Waals surface area contributed by atoms with Gasteiger partial charge in [-0.1, -0.05) is 12.1 Å². The average molecular weight is 425 g/mol. The van der Waals surface area contributed by atoms with Crippen molar-refractivity contribution < 1.29 is 18.8 Å². The van der Waals surface area contributed by atoms with E-state index in [1.807, 2.05) is 4.90 Å². The molecule has 4 rings (SSSR count). The van der Waals surface area contributed by atoms with Gasteiger partial charge >= 0.3 is 6.03 Å². The molecule has 3 heterocycles. The van der Waals surface area contributed by atoms with E-state index in [0.717, 1.165) is 38.8 Å². The lowest BCUT2D eigenvalue weighted by Crippen LogP contribution is -2.40. The molecule has 0 bridgehead atoms. The first-order valence-electron chi connectivity index (χ1n) is 10.9. The number of nitrogens with zero attached hydrogens (tertiary/aromatic N) is 3. The molecule has 0 aliphatic carbocycles. The van der Waals surface area contributed by atoms with E-state index < -0.39 is 0 Å². The Morgan fingerprint density at radius 3 is 2.45 bits per heavy atom. The molecule has 8 nitrogen and oxygen atoms in total. The molecule has 31 heavy (non-hydrogen) atoms. The number of carbonyl (C=O) groups excluding carboxylic acids is 3. The van der Waals surface area contributed by atoms with Crippen LogP contribution in [0.25, 0.3) is 0 Å². The fraction of sp³-hybridized carbons (Fsp3) is 0.478. The summed E-state index contributed by atoms with van der Waals surface area (Å²) in [5.41, 5.74) is 1.59. The number of benzene rings is 1. The van der Waals surface area contributed by atoms with Gasteiger partial charge in [-0.3, -0.25) is 9.59 Å².